The Bertz CT molecular complexity index is 1130. The lowest BCUT2D eigenvalue weighted by Gasteiger charge is -2.33. The third kappa shape index (κ3) is 8.36. The number of fused-ring (bicyclic) bond motifs is 1. The first-order valence-corrected chi connectivity index (χ1v) is 13.1. The van der Waals surface area contributed by atoms with Crippen molar-refractivity contribution in [3.8, 4) is 0 Å². The highest BCUT2D eigenvalue weighted by Crippen LogP contribution is 2.41. The first-order valence-electron chi connectivity index (χ1n) is 13.1. The largest absolute Gasteiger partial charge is 0.389 e. The molecule has 0 amide bonds. The number of nitrogens with one attached hydrogen (secondary N) is 2. The van der Waals surface area contributed by atoms with E-state index in [1.165, 1.54) is 30.7 Å². The topological polar surface area (TPSA) is 85.0 Å². The molecule has 3 aromatic heterocycles. The fourth-order valence-electron chi connectivity index (χ4n) is 4.57. The molecule has 1 unspecified atom stereocenters. The molecule has 2 aliphatic rings. The zero-order chi connectivity index (χ0) is 26.8. The second-order valence-corrected chi connectivity index (χ2v) is 9.63. The minimum Gasteiger partial charge on any atom is -0.389 e. The molecule has 1 aliphatic carbocycles. The van der Waals surface area contributed by atoms with Gasteiger partial charge < -0.3 is 10.6 Å². The van der Waals surface area contributed by atoms with Gasteiger partial charge >= 0.3 is 0 Å². The lowest BCUT2D eigenvalue weighted by Crippen LogP contribution is -2.32. The van der Waals surface area contributed by atoms with Crippen molar-refractivity contribution in [3.05, 3.63) is 66.8 Å². The van der Waals surface area contributed by atoms with Crippen molar-refractivity contribution in [2.24, 2.45) is 5.92 Å². The fraction of sp³-hybridized carbons (Fsp3) is 0.556. The van der Waals surface area contributed by atoms with Gasteiger partial charge in [-0.3, -0.25) is 4.68 Å². The van der Waals surface area contributed by atoms with E-state index in [4.69, 9.17) is 0 Å². The standard InChI is InChI=1S/C15H19F2N5.C6H10N2.C6H11N/c1-3-18-13(11-4-6-15(16,17)7-5-11)12-9-22-14(20-12)19-8-10(2)21-22;1-3-8-6(2)4-5-7-8;1-6-4-2-3-5-7-6/h3,8-9,11,13,18H,1,4-7H2,2H3;4-5H,3H2,1-2H3;7H,1-5H2. The van der Waals surface area contributed by atoms with Crippen molar-refractivity contribution in [3.63, 3.8) is 0 Å². The molecular weight excluding hydrogens is 474 g/mol. The monoisotopic (exact) mass is 514 g/mol. The van der Waals surface area contributed by atoms with E-state index < -0.39 is 5.92 Å². The number of alkyl halides is 2. The van der Waals surface area contributed by atoms with Crippen LogP contribution in [0, 0.1) is 19.8 Å². The predicted molar refractivity (Wildman–Crippen MR) is 142 cm³/mol. The van der Waals surface area contributed by atoms with Crippen LogP contribution in [0.15, 0.2) is 49.7 Å². The van der Waals surface area contributed by atoms with E-state index >= 15 is 0 Å². The van der Waals surface area contributed by atoms with Crippen LogP contribution in [-0.4, -0.2) is 41.8 Å². The number of aryl methyl sites for hydroxylation is 3. The average Bonchev–Trinajstić information content (AvgIpc) is 3.49. The number of hydrogen-bond donors (Lipinski definition) is 2. The maximum absolute atomic E-state index is 13.4. The highest BCUT2D eigenvalue weighted by molar-refractivity contribution is 5.30. The fourth-order valence-corrected chi connectivity index (χ4v) is 4.57. The molecule has 3 aromatic rings. The summed E-state index contributed by atoms with van der Waals surface area (Å²) in [4.78, 5) is 8.70. The molecule has 0 bridgehead atoms. The van der Waals surface area contributed by atoms with Gasteiger partial charge in [0.2, 0.25) is 5.92 Å². The minimum atomic E-state index is -2.53. The molecule has 37 heavy (non-hydrogen) atoms. The second-order valence-electron chi connectivity index (χ2n) is 9.63. The molecule has 4 heterocycles. The number of imidazole rings is 1. The Balaban J connectivity index is 0.000000206. The van der Waals surface area contributed by atoms with Crippen molar-refractivity contribution in [1.29, 1.82) is 0 Å². The smallest absolute Gasteiger partial charge is 0.250 e. The molecule has 5 rings (SSSR count). The van der Waals surface area contributed by atoms with Crippen LogP contribution < -0.4 is 10.6 Å². The van der Waals surface area contributed by atoms with Crippen molar-refractivity contribution in [2.75, 3.05) is 6.54 Å². The summed E-state index contributed by atoms with van der Waals surface area (Å²) in [5.74, 6) is -1.92. The van der Waals surface area contributed by atoms with E-state index in [-0.39, 0.29) is 24.8 Å². The molecule has 0 radical (unpaired) electrons. The number of halogens is 2. The van der Waals surface area contributed by atoms with Gasteiger partial charge in [0.15, 0.2) is 0 Å². The van der Waals surface area contributed by atoms with Crippen LogP contribution in [-0.2, 0) is 6.54 Å². The summed E-state index contributed by atoms with van der Waals surface area (Å²) in [5.41, 5.74) is 4.00. The minimum absolute atomic E-state index is 0.0734. The molecule has 1 aliphatic heterocycles. The summed E-state index contributed by atoms with van der Waals surface area (Å²) in [6, 6.07) is 1.86. The molecule has 0 spiro atoms. The van der Waals surface area contributed by atoms with E-state index in [1.54, 1.807) is 16.9 Å². The lowest BCUT2D eigenvalue weighted by molar-refractivity contribution is -0.0494. The lowest BCUT2D eigenvalue weighted by atomic mass is 9.81. The van der Waals surface area contributed by atoms with Crippen LogP contribution in [0.3, 0.4) is 0 Å². The van der Waals surface area contributed by atoms with Crippen molar-refractivity contribution in [1.82, 2.24) is 40.0 Å². The zero-order valence-corrected chi connectivity index (χ0v) is 22.3. The number of rotatable bonds is 5. The molecule has 2 N–H and O–H groups in total. The van der Waals surface area contributed by atoms with Gasteiger partial charge in [-0.05, 0) is 71.1 Å². The van der Waals surface area contributed by atoms with E-state index in [1.807, 2.05) is 30.1 Å². The highest BCUT2D eigenvalue weighted by Gasteiger charge is 2.38. The van der Waals surface area contributed by atoms with Gasteiger partial charge in [0.25, 0.3) is 5.78 Å². The van der Waals surface area contributed by atoms with Crippen LogP contribution in [0.1, 0.15) is 75.0 Å². The Hall–Kier alpha value is -3.30. The normalized spacial score (nSPS) is 18.0. The van der Waals surface area contributed by atoms with Gasteiger partial charge in [0, 0.05) is 43.5 Å². The average molecular weight is 515 g/mol. The van der Waals surface area contributed by atoms with Crippen LogP contribution in [0.2, 0.25) is 0 Å². The Morgan fingerprint density at radius 2 is 2.03 bits per heavy atom. The Morgan fingerprint density at radius 1 is 1.27 bits per heavy atom. The van der Waals surface area contributed by atoms with Crippen LogP contribution >= 0.6 is 0 Å². The molecule has 1 saturated heterocycles. The molecule has 1 saturated carbocycles. The van der Waals surface area contributed by atoms with E-state index in [0.717, 1.165) is 24.5 Å². The molecule has 10 heteroatoms. The van der Waals surface area contributed by atoms with Crippen LogP contribution in [0.4, 0.5) is 8.78 Å². The van der Waals surface area contributed by atoms with Crippen molar-refractivity contribution < 1.29 is 8.78 Å². The van der Waals surface area contributed by atoms with Crippen LogP contribution in [0.5, 0.6) is 0 Å². The van der Waals surface area contributed by atoms with Crippen molar-refractivity contribution >= 4 is 5.78 Å². The first-order chi connectivity index (χ1) is 17.7. The van der Waals surface area contributed by atoms with Gasteiger partial charge in [0.05, 0.1) is 29.8 Å². The van der Waals surface area contributed by atoms with Gasteiger partial charge in [-0.15, -0.1) is 0 Å². The van der Waals surface area contributed by atoms with Gasteiger partial charge in [-0.2, -0.15) is 10.2 Å². The van der Waals surface area contributed by atoms with E-state index in [9.17, 15) is 8.78 Å². The number of hydrogen-bond acceptors (Lipinski definition) is 6. The number of allylic oxidation sites excluding steroid dienone is 1. The Morgan fingerprint density at radius 3 is 2.54 bits per heavy atom. The number of piperidine rings is 1. The Kier molecular flexibility index (Phi) is 10.2. The second kappa shape index (κ2) is 13.3. The quantitative estimate of drug-likeness (QED) is 0.467. The molecule has 8 nitrogen and oxygen atoms in total. The molecule has 2 fully saturated rings. The Labute approximate surface area is 218 Å². The molecule has 0 aromatic carbocycles. The SMILES string of the molecule is C=C1CCCCN1.C=CNC(c1cn2nc(C)cnc2n1)C1CCC(F)(F)CC1.CCn1nccc1C. The van der Waals surface area contributed by atoms with Crippen LogP contribution in [0.25, 0.3) is 5.78 Å². The molecule has 1 atom stereocenters. The zero-order valence-electron chi connectivity index (χ0n) is 22.3. The third-order valence-corrected chi connectivity index (χ3v) is 6.68. The number of nitrogens with zero attached hydrogens (tertiary/aromatic N) is 6. The van der Waals surface area contributed by atoms with E-state index in [0.29, 0.717) is 18.6 Å². The number of aromatic nitrogens is 6. The molecule has 202 valence electrons. The summed E-state index contributed by atoms with van der Waals surface area (Å²) in [7, 11) is 0. The van der Waals surface area contributed by atoms with Crippen molar-refractivity contribution in [2.45, 2.75) is 84.2 Å². The van der Waals surface area contributed by atoms with E-state index in [2.05, 4.69) is 57.8 Å². The third-order valence-electron chi connectivity index (χ3n) is 6.68. The summed E-state index contributed by atoms with van der Waals surface area (Å²) in [6.07, 6.45) is 11.5. The predicted octanol–water partition coefficient (Wildman–Crippen LogP) is 5.52. The molecular formula is C27H40F2N8. The summed E-state index contributed by atoms with van der Waals surface area (Å²) >= 11 is 0. The maximum Gasteiger partial charge on any atom is 0.250 e. The highest BCUT2D eigenvalue weighted by atomic mass is 19.3. The first kappa shape index (κ1) is 28.3. The summed E-state index contributed by atoms with van der Waals surface area (Å²) in [6.45, 7) is 15.6. The summed E-state index contributed by atoms with van der Waals surface area (Å²) < 4.78 is 30.3. The van der Waals surface area contributed by atoms with Gasteiger partial charge in [-0.1, -0.05) is 13.2 Å². The van der Waals surface area contributed by atoms with Gasteiger partial charge in [0.1, 0.15) is 0 Å². The summed E-state index contributed by atoms with van der Waals surface area (Å²) in [5, 5.41) is 14.7. The maximum atomic E-state index is 13.4. The van der Waals surface area contributed by atoms with Gasteiger partial charge in [-0.25, -0.2) is 23.3 Å².